The van der Waals surface area contributed by atoms with Crippen molar-refractivity contribution in [2.45, 2.75) is 240 Å². The maximum Gasteiger partial charge on any atom is 0.306 e. The summed E-state index contributed by atoms with van der Waals surface area (Å²) in [7, 11) is 0. The van der Waals surface area contributed by atoms with Gasteiger partial charge in [0.15, 0.2) is 6.10 Å². The van der Waals surface area contributed by atoms with Gasteiger partial charge >= 0.3 is 17.9 Å². The van der Waals surface area contributed by atoms with E-state index in [4.69, 9.17) is 14.2 Å². The first-order valence-corrected chi connectivity index (χ1v) is 21.8. The van der Waals surface area contributed by atoms with Crippen LogP contribution in [0.25, 0.3) is 0 Å². The molecule has 0 saturated heterocycles. The largest absolute Gasteiger partial charge is 0.462 e. The summed E-state index contributed by atoms with van der Waals surface area (Å²) < 4.78 is 16.7. The molecule has 50 heavy (non-hydrogen) atoms. The molecular weight excluding hydrogens is 624 g/mol. The van der Waals surface area contributed by atoms with Gasteiger partial charge in [0.2, 0.25) is 0 Å². The van der Waals surface area contributed by atoms with E-state index >= 15 is 0 Å². The van der Waals surface area contributed by atoms with Gasteiger partial charge in [0.25, 0.3) is 0 Å². The number of rotatable bonds is 38. The highest BCUT2D eigenvalue weighted by atomic mass is 16.6. The van der Waals surface area contributed by atoms with Crippen molar-refractivity contribution in [3.63, 3.8) is 0 Å². The third-order valence-corrected chi connectivity index (χ3v) is 10.1. The molecule has 6 nitrogen and oxygen atoms in total. The summed E-state index contributed by atoms with van der Waals surface area (Å²) in [5, 5.41) is 0. The van der Waals surface area contributed by atoms with Crippen molar-refractivity contribution in [1.82, 2.24) is 0 Å². The van der Waals surface area contributed by atoms with E-state index in [-0.39, 0.29) is 31.1 Å². The molecule has 0 saturated carbocycles. The van der Waals surface area contributed by atoms with Crippen molar-refractivity contribution in [1.29, 1.82) is 0 Å². The van der Waals surface area contributed by atoms with E-state index in [0.717, 1.165) is 69.6 Å². The van der Waals surface area contributed by atoms with Gasteiger partial charge in [0.05, 0.1) is 0 Å². The Morgan fingerprint density at radius 1 is 0.420 bits per heavy atom. The lowest BCUT2D eigenvalue weighted by Gasteiger charge is -2.18. The van der Waals surface area contributed by atoms with Crippen LogP contribution in [0.4, 0.5) is 0 Å². The van der Waals surface area contributed by atoms with E-state index in [9.17, 15) is 14.4 Å². The molecule has 0 aliphatic rings. The van der Waals surface area contributed by atoms with Crippen LogP contribution in [0.2, 0.25) is 0 Å². The third-order valence-electron chi connectivity index (χ3n) is 10.1. The summed E-state index contributed by atoms with van der Waals surface area (Å²) in [6.07, 6.45) is 33.8. The van der Waals surface area contributed by atoms with Gasteiger partial charge in [-0.25, -0.2) is 0 Å². The summed E-state index contributed by atoms with van der Waals surface area (Å²) in [5.74, 6) is 0.746. The molecule has 296 valence electrons. The van der Waals surface area contributed by atoms with Crippen LogP contribution in [0, 0.1) is 11.8 Å². The predicted octanol–water partition coefficient (Wildman–Crippen LogP) is 13.4. The fraction of sp³-hybridized carbons (Fsp3) is 0.932. The maximum absolute atomic E-state index is 12.7. The van der Waals surface area contributed by atoms with E-state index in [1.54, 1.807) is 0 Å². The molecule has 0 fully saturated rings. The lowest BCUT2D eigenvalue weighted by atomic mass is 10.00. The van der Waals surface area contributed by atoms with Gasteiger partial charge in [-0.3, -0.25) is 14.4 Å². The molecule has 0 aromatic carbocycles. The second-order valence-corrected chi connectivity index (χ2v) is 15.7. The third kappa shape index (κ3) is 36.2. The van der Waals surface area contributed by atoms with Gasteiger partial charge < -0.3 is 14.2 Å². The number of carbonyl (C=O) groups is 3. The average Bonchev–Trinajstić information content (AvgIpc) is 3.09. The molecule has 0 aromatic rings. The smallest absolute Gasteiger partial charge is 0.306 e. The molecule has 0 bridgehead atoms. The van der Waals surface area contributed by atoms with Crippen LogP contribution in [0.1, 0.15) is 234 Å². The molecule has 0 amide bonds. The molecule has 0 aromatic heterocycles. The Hall–Kier alpha value is -1.59. The number of hydrogen-bond donors (Lipinski definition) is 0. The predicted molar refractivity (Wildman–Crippen MR) is 210 cm³/mol. The van der Waals surface area contributed by atoms with Crippen molar-refractivity contribution in [2.75, 3.05) is 13.2 Å². The van der Waals surface area contributed by atoms with E-state index < -0.39 is 6.10 Å². The topological polar surface area (TPSA) is 78.9 Å². The van der Waals surface area contributed by atoms with Crippen LogP contribution in [0.5, 0.6) is 0 Å². The highest BCUT2D eigenvalue weighted by molar-refractivity contribution is 5.71. The fourth-order valence-electron chi connectivity index (χ4n) is 6.37. The Morgan fingerprint density at radius 3 is 1.14 bits per heavy atom. The minimum Gasteiger partial charge on any atom is -0.462 e. The van der Waals surface area contributed by atoms with Crippen LogP contribution in [-0.4, -0.2) is 37.2 Å². The van der Waals surface area contributed by atoms with Gasteiger partial charge in [-0.2, -0.15) is 0 Å². The summed E-state index contributed by atoms with van der Waals surface area (Å²) >= 11 is 0. The van der Waals surface area contributed by atoms with Crippen molar-refractivity contribution in [3.8, 4) is 0 Å². The standard InChI is InChI=1S/C44H84O6/c1-6-8-9-10-11-12-13-14-19-26-31-36-44(47)50-41(38-49-43(46)35-30-25-21-20-23-28-33-40(5)7-2)37-48-42(45)34-29-24-18-16-15-17-22-27-32-39(3)4/h39-41H,6-38H2,1-5H3/t40?,41-/m0/s1. The van der Waals surface area contributed by atoms with Crippen LogP contribution >= 0.6 is 0 Å². The van der Waals surface area contributed by atoms with Crippen molar-refractivity contribution >= 4 is 17.9 Å². The second kappa shape index (κ2) is 37.2. The van der Waals surface area contributed by atoms with Gasteiger partial charge in [0.1, 0.15) is 13.2 Å². The molecule has 0 heterocycles. The van der Waals surface area contributed by atoms with E-state index in [0.29, 0.717) is 19.3 Å². The molecule has 0 rings (SSSR count). The number of unbranched alkanes of at least 4 members (excludes halogenated alkanes) is 22. The van der Waals surface area contributed by atoms with Gasteiger partial charge in [-0.15, -0.1) is 0 Å². The zero-order valence-corrected chi connectivity index (χ0v) is 34.0. The fourth-order valence-corrected chi connectivity index (χ4v) is 6.37. The SMILES string of the molecule is CCCCCCCCCCCCCC(=O)O[C@@H](COC(=O)CCCCCCCCCCC(C)C)COC(=O)CCCCCCCCC(C)CC. The van der Waals surface area contributed by atoms with E-state index in [1.165, 1.54) is 122 Å². The van der Waals surface area contributed by atoms with Gasteiger partial charge in [-0.05, 0) is 31.1 Å². The van der Waals surface area contributed by atoms with Crippen molar-refractivity contribution < 1.29 is 28.6 Å². The molecule has 0 aliphatic heterocycles. The molecule has 1 unspecified atom stereocenters. The highest BCUT2D eigenvalue weighted by Crippen LogP contribution is 2.16. The normalized spacial score (nSPS) is 12.6. The van der Waals surface area contributed by atoms with Gasteiger partial charge in [-0.1, -0.05) is 195 Å². The Morgan fingerprint density at radius 2 is 0.760 bits per heavy atom. The average molecular weight is 709 g/mol. The zero-order valence-electron chi connectivity index (χ0n) is 34.0. The zero-order chi connectivity index (χ0) is 36.9. The van der Waals surface area contributed by atoms with E-state index in [2.05, 4.69) is 34.6 Å². The molecule has 0 radical (unpaired) electrons. The first-order valence-electron chi connectivity index (χ1n) is 21.8. The Balaban J connectivity index is 4.36. The Labute approximate surface area is 310 Å². The first kappa shape index (κ1) is 48.4. The number of carbonyl (C=O) groups excluding carboxylic acids is 3. The van der Waals surface area contributed by atoms with Crippen molar-refractivity contribution in [3.05, 3.63) is 0 Å². The number of ether oxygens (including phenoxy) is 3. The first-order chi connectivity index (χ1) is 24.3. The maximum atomic E-state index is 12.7. The Bertz CT molecular complexity index is 766. The molecule has 6 heteroatoms. The molecule has 2 atom stereocenters. The summed E-state index contributed by atoms with van der Waals surface area (Å²) in [5.41, 5.74) is 0. The molecule has 0 N–H and O–H groups in total. The van der Waals surface area contributed by atoms with Gasteiger partial charge in [0, 0.05) is 19.3 Å². The Kier molecular flexibility index (Phi) is 36.0. The van der Waals surface area contributed by atoms with Crippen LogP contribution in [0.3, 0.4) is 0 Å². The van der Waals surface area contributed by atoms with Crippen LogP contribution < -0.4 is 0 Å². The number of hydrogen-bond acceptors (Lipinski definition) is 6. The molecule has 0 spiro atoms. The summed E-state index contributed by atoms with van der Waals surface area (Å²) in [4.78, 5) is 37.6. The summed E-state index contributed by atoms with van der Waals surface area (Å²) in [6.45, 7) is 11.3. The minimum absolute atomic E-state index is 0.0663. The van der Waals surface area contributed by atoms with Crippen LogP contribution in [-0.2, 0) is 28.6 Å². The lowest BCUT2D eigenvalue weighted by molar-refractivity contribution is -0.167. The second-order valence-electron chi connectivity index (χ2n) is 15.7. The quantitative estimate of drug-likeness (QED) is 0.0361. The molecular formula is C44H84O6. The van der Waals surface area contributed by atoms with E-state index in [1.807, 2.05) is 0 Å². The van der Waals surface area contributed by atoms with Crippen molar-refractivity contribution in [2.24, 2.45) is 11.8 Å². The van der Waals surface area contributed by atoms with Crippen LogP contribution in [0.15, 0.2) is 0 Å². The minimum atomic E-state index is -0.760. The number of esters is 3. The summed E-state index contributed by atoms with van der Waals surface area (Å²) in [6, 6.07) is 0. The molecule has 0 aliphatic carbocycles. The monoisotopic (exact) mass is 709 g/mol. The lowest BCUT2D eigenvalue weighted by Crippen LogP contribution is -2.30. The highest BCUT2D eigenvalue weighted by Gasteiger charge is 2.19.